The van der Waals surface area contributed by atoms with E-state index < -0.39 is 21.9 Å². The molecule has 0 radical (unpaired) electrons. The topological polar surface area (TPSA) is 111 Å². The van der Waals surface area contributed by atoms with E-state index in [-0.39, 0.29) is 16.1 Å². The number of nitrogens with one attached hydrogen (secondary N) is 2. The Labute approximate surface area is 179 Å². The van der Waals surface area contributed by atoms with Crippen molar-refractivity contribution >= 4 is 33.3 Å². The lowest BCUT2D eigenvalue weighted by Gasteiger charge is -2.11. The van der Waals surface area contributed by atoms with Crippen LogP contribution < -0.4 is 14.8 Å². The third kappa shape index (κ3) is 5.40. The van der Waals surface area contributed by atoms with Crippen LogP contribution in [0.15, 0.2) is 77.7 Å². The van der Waals surface area contributed by atoms with E-state index in [1.165, 1.54) is 44.6 Å². The summed E-state index contributed by atoms with van der Waals surface area (Å²) >= 11 is 0. The number of esters is 1. The second kappa shape index (κ2) is 9.31. The van der Waals surface area contributed by atoms with E-state index >= 15 is 0 Å². The van der Waals surface area contributed by atoms with Gasteiger partial charge in [0.15, 0.2) is 0 Å². The molecular formula is C22H20N2O6S. The Kier molecular flexibility index (Phi) is 6.56. The third-order valence-corrected chi connectivity index (χ3v) is 5.69. The van der Waals surface area contributed by atoms with Gasteiger partial charge in [-0.25, -0.2) is 13.2 Å². The summed E-state index contributed by atoms with van der Waals surface area (Å²) in [6, 6.07) is 18.3. The fraction of sp³-hybridized carbons (Fsp3) is 0.0909. The molecule has 31 heavy (non-hydrogen) atoms. The minimum Gasteiger partial charge on any atom is -0.497 e. The lowest BCUT2D eigenvalue weighted by molar-refractivity contribution is 0.0600. The van der Waals surface area contributed by atoms with Gasteiger partial charge in [-0.15, -0.1) is 0 Å². The first-order valence-electron chi connectivity index (χ1n) is 9.09. The normalized spacial score (nSPS) is 10.8. The average molecular weight is 440 g/mol. The van der Waals surface area contributed by atoms with Gasteiger partial charge in [0.25, 0.3) is 15.9 Å². The van der Waals surface area contributed by atoms with E-state index in [4.69, 9.17) is 4.74 Å². The first-order valence-corrected chi connectivity index (χ1v) is 10.6. The molecule has 3 rings (SSSR count). The molecule has 0 aliphatic carbocycles. The lowest BCUT2D eigenvalue weighted by atomic mass is 10.1. The Morgan fingerprint density at radius 3 is 2.06 bits per heavy atom. The number of anilines is 2. The zero-order valence-corrected chi connectivity index (χ0v) is 17.6. The molecule has 160 valence electrons. The van der Waals surface area contributed by atoms with E-state index in [0.29, 0.717) is 17.0 Å². The van der Waals surface area contributed by atoms with Crippen molar-refractivity contribution in [3.8, 4) is 5.75 Å². The van der Waals surface area contributed by atoms with Crippen LogP contribution in [0.4, 0.5) is 11.4 Å². The van der Waals surface area contributed by atoms with Crippen LogP contribution >= 0.6 is 0 Å². The maximum Gasteiger partial charge on any atom is 0.337 e. The predicted molar refractivity (Wildman–Crippen MR) is 116 cm³/mol. The van der Waals surface area contributed by atoms with Crippen molar-refractivity contribution in [2.75, 3.05) is 24.3 Å². The Morgan fingerprint density at radius 1 is 0.806 bits per heavy atom. The zero-order chi connectivity index (χ0) is 22.4. The second-order valence-electron chi connectivity index (χ2n) is 6.39. The van der Waals surface area contributed by atoms with E-state index in [0.717, 1.165) is 0 Å². The van der Waals surface area contributed by atoms with Gasteiger partial charge in [-0.1, -0.05) is 12.1 Å². The summed E-state index contributed by atoms with van der Waals surface area (Å²) in [5, 5.41) is 2.67. The Balaban J connectivity index is 1.76. The van der Waals surface area contributed by atoms with Gasteiger partial charge in [-0.2, -0.15) is 0 Å². The van der Waals surface area contributed by atoms with Crippen molar-refractivity contribution in [1.29, 1.82) is 0 Å². The van der Waals surface area contributed by atoms with Crippen LogP contribution in [0, 0.1) is 0 Å². The molecule has 0 saturated carbocycles. The standard InChI is InChI=1S/C22H20N2O6S/c1-29-19-9-11-20(12-10-19)31(27,28)24-18-8-3-5-15(13-18)21(25)23-17-7-4-6-16(14-17)22(26)30-2/h3-14,24H,1-2H3,(H,23,25). The molecule has 9 heteroatoms. The molecule has 8 nitrogen and oxygen atoms in total. The number of ether oxygens (including phenoxy) is 2. The summed E-state index contributed by atoms with van der Waals surface area (Å²) in [6.07, 6.45) is 0. The minimum absolute atomic E-state index is 0.0581. The average Bonchev–Trinajstić information content (AvgIpc) is 2.78. The molecule has 0 fully saturated rings. The molecule has 0 aliphatic rings. The molecule has 0 spiro atoms. The van der Waals surface area contributed by atoms with E-state index in [9.17, 15) is 18.0 Å². The van der Waals surface area contributed by atoms with Crippen LogP contribution in [-0.2, 0) is 14.8 Å². The Bertz CT molecular complexity index is 1210. The van der Waals surface area contributed by atoms with Gasteiger partial charge >= 0.3 is 5.97 Å². The third-order valence-electron chi connectivity index (χ3n) is 4.29. The number of carbonyl (C=O) groups excluding carboxylic acids is 2. The fourth-order valence-corrected chi connectivity index (χ4v) is 3.79. The smallest absolute Gasteiger partial charge is 0.337 e. The monoisotopic (exact) mass is 440 g/mol. The molecule has 3 aromatic rings. The van der Waals surface area contributed by atoms with Crippen molar-refractivity contribution in [1.82, 2.24) is 0 Å². The molecule has 0 atom stereocenters. The van der Waals surface area contributed by atoms with Crippen molar-refractivity contribution in [3.05, 3.63) is 83.9 Å². The molecule has 1 amide bonds. The van der Waals surface area contributed by atoms with Gasteiger partial charge in [-0.3, -0.25) is 9.52 Å². The maximum absolute atomic E-state index is 12.6. The highest BCUT2D eigenvalue weighted by molar-refractivity contribution is 7.92. The van der Waals surface area contributed by atoms with Gasteiger partial charge in [0.05, 0.1) is 24.7 Å². The van der Waals surface area contributed by atoms with Crippen molar-refractivity contribution in [2.24, 2.45) is 0 Å². The van der Waals surface area contributed by atoms with Crippen molar-refractivity contribution in [3.63, 3.8) is 0 Å². The molecular weight excluding hydrogens is 420 g/mol. The number of methoxy groups -OCH3 is 2. The van der Waals surface area contributed by atoms with Crippen molar-refractivity contribution in [2.45, 2.75) is 4.90 Å². The summed E-state index contributed by atoms with van der Waals surface area (Å²) in [5.74, 6) is -0.451. The van der Waals surface area contributed by atoms with Crippen LogP contribution in [0.25, 0.3) is 0 Å². The van der Waals surface area contributed by atoms with Gasteiger partial charge in [0.1, 0.15) is 5.75 Å². The van der Waals surface area contributed by atoms with E-state index in [1.807, 2.05) is 0 Å². The highest BCUT2D eigenvalue weighted by atomic mass is 32.2. The molecule has 0 aromatic heterocycles. The number of benzene rings is 3. The quantitative estimate of drug-likeness (QED) is 0.544. The number of rotatable bonds is 7. The molecule has 3 aromatic carbocycles. The van der Waals surface area contributed by atoms with Crippen LogP contribution in [-0.4, -0.2) is 34.5 Å². The maximum atomic E-state index is 12.6. The zero-order valence-electron chi connectivity index (χ0n) is 16.8. The summed E-state index contributed by atoms with van der Waals surface area (Å²) in [4.78, 5) is 24.3. The molecule has 0 saturated heterocycles. The summed E-state index contributed by atoms with van der Waals surface area (Å²) in [6.45, 7) is 0. The number of hydrogen-bond acceptors (Lipinski definition) is 6. The van der Waals surface area contributed by atoms with Gasteiger partial charge in [0, 0.05) is 16.9 Å². The van der Waals surface area contributed by atoms with Crippen LogP contribution in [0.5, 0.6) is 5.75 Å². The number of amides is 1. The Morgan fingerprint density at radius 2 is 1.42 bits per heavy atom. The minimum atomic E-state index is -3.85. The molecule has 0 unspecified atom stereocenters. The summed E-state index contributed by atoms with van der Waals surface area (Å²) < 4.78 is 37.4. The molecule has 0 aliphatic heterocycles. The number of sulfonamides is 1. The van der Waals surface area contributed by atoms with Crippen molar-refractivity contribution < 1.29 is 27.5 Å². The summed E-state index contributed by atoms with van der Waals surface area (Å²) in [7, 11) is -1.09. The Hall–Kier alpha value is -3.85. The van der Waals surface area contributed by atoms with Gasteiger partial charge < -0.3 is 14.8 Å². The highest BCUT2D eigenvalue weighted by Gasteiger charge is 2.16. The lowest BCUT2D eigenvalue weighted by Crippen LogP contribution is -2.15. The second-order valence-corrected chi connectivity index (χ2v) is 8.07. The van der Waals surface area contributed by atoms with E-state index in [2.05, 4.69) is 14.8 Å². The predicted octanol–water partition coefficient (Wildman–Crippen LogP) is 3.53. The van der Waals surface area contributed by atoms with Crippen LogP contribution in [0.2, 0.25) is 0 Å². The molecule has 0 bridgehead atoms. The van der Waals surface area contributed by atoms with Gasteiger partial charge in [0.2, 0.25) is 0 Å². The first-order chi connectivity index (χ1) is 14.8. The number of carbonyl (C=O) groups is 2. The van der Waals surface area contributed by atoms with Gasteiger partial charge in [-0.05, 0) is 60.7 Å². The summed E-state index contributed by atoms with van der Waals surface area (Å²) in [5.41, 5.74) is 1.16. The van der Waals surface area contributed by atoms with E-state index in [1.54, 1.807) is 42.5 Å². The largest absolute Gasteiger partial charge is 0.497 e. The fourth-order valence-electron chi connectivity index (χ4n) is 2.74. The van der Waals surface area contributed by atoms with Crippen LogP contribution in [0.1, 0.15) is 20.7 Å². The highest BCUT2D eigenvalue weighted by Crippen LogP contribution is 2.20. The SMILES string of the molecule is COC(=O)c1cccc(NC(=O)c2cccc(NS(=O)(=O)c3ccc(OC)cc3)c2)c1. The number of hydrogen-bond donors (Lipinski definition) is 2. The first kappa shape index (κ1) is 21.8. The molecule has 0 heterocycles. The van der Waals surface area contributed by atoms with Crippen LogP contribution in [0.3, 0.4) is 0 Å². The molecule has 2 N–H and O–H groups in total.